The molecule has 0 saturated carbocycles. The Bertz CT molecular complexity index is 1370. The lowest BCUT2D eigenvalue weighted by atomic mass is 9.96. The number of hydrogen-bond donors (Lipinski definition) is 2. The van der Waals surface area contributed by atoms with E-state index in [1.807, 2.05) is 40.6 Å². The van der Waals surface area contributed by atoms with Gasteiger partial charge in [0, 0.05) is 46.0 Å². The number of nitrogens with zero attached hydrogens (tertiary/aromatic N) is 3. The number of H-pyrrole nitrogens is 1. The third-order valence-corrected chi connectivity index (χ3v) is 6.93. The van der Waals surface area contributed by atoms with Gasteiger partial charge in [-0.1, -0.05) is 0 Å². The lowest BCUT2D eigenvalue weighted by Gasteiger charge is -2.22. The maximum atomic E-state index is 13.2. The average Bonchev–Trinajstić information content (AvgIpc) is 3.64. The van der Waals surface area contributed by atoms with Crippen molar-refractivity contribution in [2.45, 2.75) is 26.0 Å². The van der Waals surface area contributed by atoms with E-state index in [1.54, 1.807) is 24.6 Å². The fraction of sp³-hybridized carbons (Fsp3) is 0.292. The minimum atomic E-state index is -0.216. The van der Waals surface area contributed by atoms with Crippen LogP contribution in [0.1, 0.15) is 28.2 Å². The largest absolute Gasteiger partial charge is 0.496 e. The summed E-state index contributed by atoms with van der Waals surface area (Å²) >= 11 is 1.58. The second-order valence-corrected chi connectivity index (χ2v) is 9.13. The number of rotatable bonds is 5. The molecule has 2 aliphatic heterocycles. The number of aromatic nitrogens is 4. The first-order valence-corrected chi connectivity index (χ1v) is 12.0. The summed E-state index contributed by atoms with van der Waals surface area (Å²) in [5.41, 5.74) is 6.47. The van der Waals surface area contributed by atoms with Crippen LogP contribution >= 0.6 is 11.3 Å². The standard InChI is InChI=1S/C24H23N5O4S/c1-13-18(9-25-27-13)16-7-17-21(8-20(16)31-2)33-11-19-22(24(30)26-14-3-5-32-10-14)28-29(23(17)19)15-4-6-34-12-15/h4,6-9,12,14H,3,5,10-11H2,1-2H3,(H,25,27)(H,26,30). The number of methoxy groups -OCH3 is 1. The van der Waals surface area contributed by atoms with Crippen molar-refractivity contribution in [1.29, 1.82) is 0 Å². The van der Waals surface area contributed by atoms with Crippen LogP contribution in [0.2, 0.25) is 0 Å². The number of carbonyl (C=O) groups is 1. The Kier molecular flexibility index (Phi) is 5.11. The van der Waals surface area contributed by atoms with Gasteiger partial charge in [-0.05, 0) is 30.9 Å². The maximum Gasteiger partial charge on any atom is 0.272 e. The average molecular weight is 478 g/mol. The van der Waals surface area contributed by atoms with Gasteiger partial charge in [0.25, 0.3) is 5.91 Å². The van der Waals surface area contributed by atoms with Gasteiger partial charge in [0.2, 0.25) is 0 Å². The SMILES string of the molecule is COc1cc2c(cc1-c1cn[nH]c1C)-c1c(c(C(=O)NC3CCOC3)nn1-c1ccsc1)CO2. The molecule has 34 heavy (non-hydrogen) atoms. The first kappa shape index (κ1) is 20.9. The van der Waals surface area contributed by atoms with E-state index in [2.05, 4.69) is 15.5 Å². The second kappa shape index (κ2) is 8.30. The molecule has 1 aromatic carbocycles. The predicted molar refractivity (Wildman–Crippen MR) is 127 cm³/mol. The molecule has 5 heterocycles. The van der Waals surface area contributed by atoms with E-state index >= 15 is 0 Å². The van der Waals surface area contributed by atoms with Crippen LogP contribution in [0, 0.1) is 6.92 Å². The number of ether oxygens (including phenoxy) is 3. The van der Waals surface area contributed by atoms with E-state index in [0.717, 1.165) is 45.7 Å². The molecule has 1 unspecified atom stereocenters. The molecule has 10 heteroatoms. The Morgan fingerprint density at radius 3 is 2.94 bits per heavy atom. The van der Waals surface area contributed by atoms with Crippen molar-refractivity contribution in [2.75, 3.05) is 20.3 Å². The molecule has 174 valence electrons. The third kappa shape index (κ3) is 3.37. The van der Waals surface area contributed by atoms with E-state index in [1.165, 1.54) is 0 Å². The highest BCUT2D eigenvalue weighted by atomic mass is 32.1. The topological polar surface area (TPSA) is 103 Å². The molecule has 2 aliphatic rings. The summed E-state index contributed by atoms with van der Waals surface area (Å²) in [7, 11) is 1.64. The maximum absolute atomic E-state index is 13.2. The molecule has 1 atom stereocenters. The van der Waals surface area contributed by atoms with Gasteiger partial charge in [-0.25, -0.2) is 4.68 Å². The Morgan fingerprint density at radius 1 is 1.32 bits per heavy atom. The zero-order valence-electron chi connectivity index (χ0n) is 18.8. The fourth-order valence-corrected chi connectivity index (χ4v) is 5.14. The van der Waals surface area contributed by atoms with Crippen LogP contribution in [0.5, 0.6) is 11.5 Å². The lowest BCUT2D eigenvalue weighted by Crippen LogP contribution is -2.35. The number of fused-ring (bicyclic) bond motifs is 3. The Balaban J connectivity index is 1.53. The number of aromatic amines is 1. The van der Waals surface area contributed by atoms with E-state index in [0.29, 0.717) is 30.4 Å². The van der Waals surface area contributed by atoms with Crippen molar-refractivity contribution >= 4 is 17.2 Å². The fourth-order valence-electron chi connectivity index (χ4n) is 4.53. The van der Waals surface area contributed by atoms with E-state index < -0.39 is 0 Å². The molecule has 1 saturated heterocycles. The predicted octanol–water partition coefficient (Wildman–Crippen LogP) is 3.72. The summed E-state index contributed by atoms with van der Waals surface area (Å²) in [6, 6.07) is 5.90. The van der Waals surface area contributed by atoms with Gasteiger partial charge in [0.15, 0.2) is 5.69 Å². The van der Waals surface area contributed by atoms with Crippen LogP contribution in [0.3, 0.4) is 0 Å². The molecule has 0 spiro atoms. The van der Waals surface area contributed by atoms with Crippen LogP contribution in [0.4, 0.5) is 0 Å². The number of aryl methyl sites for hydroxylation is 1. The van der Waals surface area contributed by atoms with Crippen molar-refractivity contribution in [3.63, 3.8) is 0 Å². The van der Waals surface area contributed by atoms with Gasteiger partial charge >= 0.3 is 0 Å². The van der Waals surface area contributed by atoms with Gasteiger partial charge in [0.05, 0.1) is 37.3 Å². The van der Waals surface area contributed by atoms with E-state index in [4.69, 9.17) is 19.3 Å². The molecule has 0 bridgehead atoms. The van der Waals surface area contributed by atoms with Gasteiger partial charge in [-0.3, -0.25) is 9.89 Å². The number of benzene rings is 1. The number of thiophene rings is 1. The first-order chi connectivity index (χ1) is 16.6. The normalized spacial score (nSPS) is 16.6. The van der Waals surface area contributed by atoms with E-state index in [9.17, 15) is 4.79 Å². The molecule has 1 fully saturated rings. The second-order valence-electron chi connectivity index (χ2n) is 8.35. The summed E-state index contributed by atoms with van der Waals surface area (Å²) in [5, 5.41) is 19.0. The minimum Gasteiger partial charge on any atom is -0.496 e. The number of carbonyl (C=O) groups excluding carboxylic acids is 1. The van der Waals surface area contributed by atoms with Crippen molar-refractivity contribution < 1.29 is 19.0 Å². The smallest absolute Gasteiger partial charge is 0.272 e. The molecule has 2 N–H and O–H groups in total. The number of hydrogen-bond acceptors (Lipinski definition) is 7. The van der Waals surface area contributed by atoms with Crippen molar-refractivity contribution in [1.82, 2.24) is 25.3 Å². The minimum absolute atomic E-state index is 0.00817. The molecule has 9 nitrogen and oxygen atoms in total. The Labute approximate surface area is 199 Å². The number of amides is 1. The zero-order valence-corrected chi connectivity index (χ0v) is 19.6. The van der Waals surface area contributed by atoms with Crippen LogP contribution < -0.4 is 14.8 Å². The first-order valence-electron chi connectivity index (χ1n) is 11.0. The number of nitrogens with one attached hydrogen (secondary N) is 2. The van der Waals surface area contributed by atoms with Gasteiger partial charge in [-0.15, -0.1) is 0 Å². The molecule has 0 radical (unpaired) electrons. The Hall–Kier alpha value is -3.63. The Morgan fingerprint density at radius 2 is 2.24 bits per heavy atom. The molecule has 1 amide bonds. The van der Waals surface area contributed by atoms with Gasteiger partial charge < -0.3 is 19.5 Å². The molecular formula is C24H23N5O4S. The molecule has 4 aromatic rings. The molecular weight excluding hydrogens is 454 g/mol. The zero-order chi connectivity index (χ0) is 23.2. The van der Waals surface area contributed by atoms with Crippen molar-refractivity contribution in [3.8, 4) is 39.6 Å². The van der Waals surface area contributed by atoms with Crippen LogP contribution in [-0.2, 0) is 11.3 Å². The van der Waals surface area contributed by atoms with Crippen LogP contribution in [0.25, 0.3) is 28.1 Å². The van der Waals surface area contributed by atoms with E-state index in [-0.39, 0.29) is 18.6 Å². The molecule has 3 aromatic heterocycles. The highest BCUT2D eigenvalue weighted by molar-refractivity contribution is 7.08. The highest BCUT2D eigenvalue weighted by Gasteiger charge is 2.32. The van der Waals surface area contributed by atoms with Gasteiger partial charge in [-0.2, -0.15) is 21.5 Å². The lowest BCUT2D eigenvalue weighted by molar-refractivity contribution is 0.0922. The summed E-state index contributed by atoms with van der Waals surface area (Å²) in [5.74, 6) is 1.15. The van der Waals surface area contributed by atoms with Crippen LogP contribution in [0.15, 0.2) is 35.2 Å². The van der Waals surface area contributed by atoms with Crippen molar-refractivity contribution in [3.05, 3.63) is 52.1 Å². The third-order valence-electron chi connectivity index (χ3n) is 6.26. The monoisotopic (exact) mass is 477 g/mol. The quantitative estimate of drug-likeness (QED) is 0.454. The molecule has 0 aliphatic carbocycles. The van der Waals surface area contributed by atoms with Crippen molar-refractivity contribution in [2.24, 2.45) is 0 Å². The van der Waals surface area contributed by atoms with Gasteiger partial charge in [0.1, 0.15) is 18.1 Å². The highest BCUT2D eigenvalue weighted by Crippen LogP contribution is 2.46. The summed E-state index contributed by atoms with van der Waals surface area (Å²) in [4.78, 5) is 13.2. The summed E-state index contributed by atoms with van der Waals surface area (Å²) in [6.07, 6.45) is 2.58. The molecule has 6 rings (SSSR count). The van der Waals surface area contributed by atoms with Crippen LogP contribution in [-0.4, -0.2) is 52.3 Å². The summed E-state index contributed by atoms with van der Waals surface area (Å²) in [6.45, 7) is 3.38. The summed E-state index contributed by atoms with van der Waals surface area (Å²) < 4.78 is 19.1.